The first-order valence-electron chi connectivity index (χ1n) is 10.6. The van der Waals surface area contributed by atoms with Gasteiger partial charge in [-0.3, -0.25) is 14.4 Å². The standard InChI is InChI=1S/C22H30N2O10/c1-3-32-18(27)11-16(21(30)33-4-2)19(20(28)29)24-17(26)10-15(25)12-23-22(31)34-13-14-8-6-5-7-9-14/h5-9,15-16,19,25H,3-4,10-13H2,1-2H3,(H,23,31)(H,24,26)(H,28,29)/t15-,16+,19-/m0/s1. The van der Waals surface area contributed by atoms with Gasteiger partial charge in [0.05, 0.1) is 38.1 Å². The van der Waals surface area contributed by atoms with Gasteiger partial charge in [0.1, 0.15) is 12.6 Å². The number of carbonyl (C=O) groups is 5. The maximum atomic E-state index is 12.3. The van der Waals surface area contributed by atoms with Gasteiger partial charge in [-0.15, -0.1) is 0 Å². The summed E-state index contributed by atoms with van der Waals surface area (Å²) >= 11 is 0. The number of carboxylic acid groups (broad SMARTS) is 1. The Balaban J connectivity index is 2.62. The van der Waals surface area contributed by atoms with Gasteiger partial charge < -0.3 is 35.1 Å². The molecule has 0 bridgehead atoms. The molecule has 0 saturated carbocycles. The number of carbonyl (C=O) groups excluding carboxylic acids is 4. The molecule has 0 aliphatic heterocycles. The molecule has 1 aromatic rings. The van der Waals surface area contributed by atoms with E-state index in [1.807, 2.05) is 6.07 Å². The van der Waals surface area contributed by atoms with Crippen LogP contribution in [-0.4, -0.2) is 72.0 Å². The summed E-state index contributed by atoms with van der Waals surface area (Å²) in [5, 5.41) is 23.9. The molecule has 12 nitrogen and oxygen atoms in total. The van der Waals surface area contributed by atoms with Gasteiger partial charge in [-0.1, -0.05) is 30.3 Å². The van der Waals surface area contributed by atoms with E-state index in [4.69, 9.17) is 14.2 Å². The van der Waals surface area contributed by atoms with Crippen LogP contribution in [0.4, 0.5) is 4.79 Å². The van der Waals surface area contributed by atoms with Gasteiger partial charge in [-0.25, -0.2) is 9.59 Å². The van der Waals surface area contributed by atoms with Crippen molar-refractivity contribution in [3.05, 3.63) is 35.9 Å². The number of amides is 2. The molecule has 1 aromatic carbocycles. The molecule has 1 rings (SSSR count). The molecular weight excluding hydrogens is 452 g/mol. The number of ether oxygens (including phenoxy) is 3. The fourth-order valence-corrected chi connectivity index (χ4v) is 2.81. The second-order valence-corrected chi connectivity index (χ2v) is 7.05. The van der Waals surface area contributed by atoms with Gasteiger partial charge in [0, 0.05) is 6.54 Å². The summed E-state index contributed by atoms with van der Waals surface area (Å²) in [5.74, 6) is -5.86. The summed E-state index contributed by atoms with van der Waals surface area (Å²) in [7, 11) is 0. The van der Waals surface area contributed by atoms with Crippen LogP contribution in [0, 0.1) is 5.92 Å². The molecule has 0 aromatic heterocycles. The predicted molar refractivity (Wildman–Crippen MR) is 116 cm³/mol. The highest BCUT2D eigenvalue weighted by Gasteiger charge is 2.38. The van der Waals surface area contributed by atoms with Gasteiger partial charge >= 0.3 is 24.0 Å². The van der Waals surface area contributed by atoms with E-state index in [2.05, 4.69) is 10.6 Å². The Hall–Kier alpha value is -3.67. The highest BCUT2D eigenvalue weighted by Crippen LogP contribution is 2.14. The number of carboxylic acids is 1. The molecule has 0 aliphatic carbocycles. The normalized spacial score (nSPS) is 13.0. The first-order chi connectivity index (χ1) is 16.2. The quantitative estimate of drug-likeness (QED) is 0.214. The molecule has 12 heteroatoms. The minimum absolute atomic E-state index is 0.0132. The van der Waals surface area contributed by atoms with Crippen molar-refractivity contribution in [2.24, 2.45) is 5.92 Å². The number of hydrogen-bond acceptors (Lipinski definition) is 9. The minimum atomic E-state index is -1.80. The largest absolute Gasteiger partial charge is 0.480 e. The van der Waals surface area contributed by atoms with Crippen LogP contribution >= 0.6 is 0 Å². The van der Waals surface area contributed by atoms with Gasteiger partial charge in [-0.05, 0) is 19.4 Å². The highest BCUT2D eigenvalue weighted by molar-refractivity contribution is 5.90. The maximum Gasteiger partial charge on any atom is 0.407 e. The Morgan fingerprint density at radius 3 is 2.18 bits per heavy atom. The molecule has 0 unspecified atom stereocenters. The summed E-state index contributed by atoms with van der Waals surface area (Å²) in [6.07, 6.45) is -3.40. The molecule has 0 radical (unpaired) electrons. The van der Waals surface area contributed by atoms with Crippen molar-refractivity contribution in [1.29, 1.82) is 0 Å². The van der Waals surface area contributed by atoms with E-state index in [0.29, 0.717) is 0 Å². The van der Waals surface area contributed by atoms with Crippen molar-refractivity contribution in [3.8, 4) is 0 Å². The van der Waals surface area contributed by atoms with Crippen LogP contribution in [0.2, 0.25) is 0 Å². The van der Waals surface area contributed by atoms with Gasteiger partial charge in [0.25, 0.3) is 0 Å². The van der Waals surface area contributed by atoms with Crippen LogP contribution < -0.4 is 10.6 Å². The molecule has 34 heavy (non-hydrogen) atoms. The van der Waals surface area contributed by atoms with E-state index in [0.717, 1.165) is 5.56 Å². The van der Waals surface area contributed by atoms with Crippen molar-refractivity contribution in [2.45, 2.75) is 45.4 Å². The molecule has 0 fully saturated rings. The number of benzene rings is 1. The number of aliphatic hydroxyl groups is 1. The predicted octanol–water partition coefficient (Wildman–Crippen LogP) is 0.366. The molecule has 4 N–H and O–H groups in total. The lowest BCUT2D eigenvalue weighted by molar-refractivity contribution is -0.160. The monoisotopic (exact) mass is 482 g/mol. The van der Waals surface area contributed by atoms with E-state index < -0.39 is 60.8 Å². The number of esters is 2. The zero-order valence-electron chi connectivity index (χ0n) is 19.0. The van der Waals surface area contributed by atoms with E-state index in [-0.39, 0.29) is 26.4 Å². The van der Waals surface area contributed by atoms with E-state index in [1.54, 1.807) is 31.2 Å². The Labute approximate surface area is 196 Å². The Morgan fingerprint density at radius 2 is 1.59 bits per heavy atom. The Morgan fingerprint density at radius 1 is 0.941 bits per heavy atom. The second-order valence-electron chi connectivity index (χ2n) is 7.05. The summed E-state index contributed by atoms with van der Waals surface area (Å²) in [4.78, 5) is 59.8. The third kappa shape index (κ3) is 10.8. The van der Waals surface area contributed by atoms with Gasteiger partial charge in [0.2, 0.25) is 5.91 Å². The first kappa shape index (κ1) is 28.4. The molecule has 0 spiro atoms. The Kier molecular flexibility index (Phi) is 12.7. The summed E-state index contributed by atoms with van der Waals surface area (Å²) in [6.45, 7) is 2.67. The molecule has 0 heterocycles. The highest BCUT2D eigenvalue weighted by atomic mass is 16.6. The smallest absolute Gasteiger partial charge is 0.407 e. The van der Waals surface area contributed by atoms with Gasteiger partial charge in [0.15, 0.2) is 0 Å². The van der Waals surface area contributed by atoms with Gasteiger partial charge in [-0.2, -0.15) is 0 Å². The third-order valence-electron chi connectivity index (χ3n) is 4.38. The number of alkyl carbamates (subject to hydrolysis) is 1. The van der Waals surface area contributed by atoms with Crippen LogP contribution in [0.25, 0.3) is 0 Å². The molecule has 0 saturated heterocycles. The van der Waals surface area contributed by atoms with Crippen LogP contribution in [0.1, 0.15) is 32.3 Å². The molecular formula is C22H30N2O10. The van der Waals surface area contributed by atoms with Crippen molar-refractivity contribution in [1.82, 2.24) is 10.6 Å². The van der Waals surface area contributed by atoms with Crippen molar-refractivity contribution in [3.63, 3.8) is 0 Å². The topological polar surface area (TPSA) is 178 Å². The summed E-state index contributed by atoms with van der Waals surface area (Å²) < 4.78 is 14.6. The lowest BCUT2D eigenvalue weighted by Gasteiger charge is -2.23. The molecule has 188 valence electrons. The zero-order valence-corrected chi connectivity index (χ0v) is 19.0. The third-order valence-corrected chi connectivity index (χ3v) is 4.38. The summed E-state index contributed by atoms with van der Waals surface area (Å²) in [6, 6.07) is 7.09. The fraction of sp³-hybridized carbons (Fsp3) is 0.500. The SMILES string of the molecule is CCOC(=O)C[C@@H](C(=O)OCC)[C@H](NC(=O)C[C@H](O)CNC(=O)OCc1ccccc1)C(=O)O. The lowest BCUT2D eigenvalue weighted by atomic mass is 9.95. The van der Waals surface area contributed by atoms with Crippen LogP contribution in [-0.2, 0) is 40.0 Å². The zero-order chi connectivity index (χ0) is 25.5. The van der Waals surface area contributed by atoms with Crippen molar-refractivity contribution >= 4 is 29.9 Å². The number of aliphatic carboxylic acids is 1. The van der Waals surface area contributed by atoms with Crippen molar-refractivity contribution in [2.75, 3.05) is 19.8 Å². The molecule has 3 atom stereocenters. The number of aliphatic hydroxyl groups excluding tert-OH is 1. The van der Waals surface area contributed by atoms with Crippen LogP contribution in [0.15, 0.2) is 30.3 Å². The average Bonchev–Trinajstić information content (AvgIpc) is 2.79. The second kappa shape index (κ2) is 15.2. The molecule has 0 aliphatic rings. The number of hydrogen-bond donors (Lipinski definition) is 4. The van der Waals surface area contributed by atoms with Crippen molar-refractivity contribution < 1.29 is 48.4 Å². The van der Waals surface area contributed by atoms with E-state index >= 15 is 0 Å². The molecule has 2 amide bonds. The van der Waals surface area contributed by atoms with Crippen LogP contribution in [0.5, 0.6) is 0 Å². The van der Waals surface area contributed by atoms with E-state index in [9.17, 15) is 34.2 Å². The number of nitrogens with one attached hydrogen (secondary N) is 2. The first-order valence-corrected chi connectivity index (χ1v) is 10.6. The average molecular weight is 482 g/mol. The Bertz CT molecular complexity index is 830. The lowest BCUT2D eigenvalue weighted by Crippen LogP contribution is -2.50. The number of rotatable bonds is 14. The van der Waals surface area contributed by atoms with E-state index in [1.165, 1.54) is 6.92 Å². The maximum absolute atomic E-state index is 12.3. The van der Waals surface area contributed by atoms with Crippen LogP contribution in [0.3, 0.4) is 0 Å². The summed E-state index contributed by atoms with van der Waals surface area (Å²) in [5.41, 5.74) is 0.760. The minimum Gasteiger partial charge on any atom is -0.480 e. The fourth-order valence-electron chi connectivity index (χ4n) is 2.81.